The molecular weight excluding hydrogens is 310 g/mol. The van der Waals surface area contributed by atoms with Gasteiger partial charge in [-0.2, -0.15) is 0 Å². The molecule has 0 aromatic carbocycles. The molecule has 0 aliphatic carbocycles. The number of nitrogens with zero attached hydrogens (tertiary/aromatic N) is 1. The predicted octanol–water partition coefficient (Wildman–Crippen LogP) is 4.28. The van der Waals surface area contributed by atoms with Gasteiger partial charge >= 0.3 is 6.09 Å². The summed E-state index contributed by atoms with van der Waals surface area (Å²) in [6.07, 6.45) is 3.32. The highest BCUT2D eigenvalue weighted by Crippen LogP contribution is 2.30. The van der Waals surface area contributed by atoms with Gasteiger partial charge in [-0.05, 0) is 60.3 Å². The molecule has 1 amide bonds. The van der Waals surface area contributed by atoms with Gasteiger partial charge in [-0.3, -0.25) is 4.90 Å². The van der Waals surface area contributed by atoms with E-state index in [2.05, 4.69) is 26.2 Å². The summed E-state index contributed by atoms with van der Waals surface area (Å²) in [5.74, 6) is 0.609. The van der Waals surface area contributed by atoms with Gasteiger partial charge in [0.05, 0.1) is 18.4 Å². The van der Waals surface area contributed by atoms with Gasteiger partial charge in [0.25, 0.3) is 0 Å². The Morgan fingerprint density at radius 2 is 1.91 bits per heavy atom. The number of rotatable bonds is 4. The molecular formula is C17H31NO4Si. The Balaban J connectivity index is 2.85. The lowest BCUT2D eigenvalue weighted by atomic mass is 10.2. The molecule has 1 fully saturated rings. The maximum atomic E-state index is 12.5. The Morgan fingerprint density at radius 3 is 2.39 bits per heavy atom. The van der Waals surface area contributed by atoms with Crippen molar-refractivity contribution in [3.63, 3.8) is 0 Å². The van der Waals surface area contributed by atoms with E-state index in [9.17, 15) is 4.79 Å². The number of ether oxygens (including phenoxy) is 2. The van der Waals surface area contributed by atoms with Crippen molar-refractivity contribution in [2.45, 2.75) is 71.6 Å². The first kappa shape index (κ1) is 19.8. The Morgan fingerprint density at radius 1 is 1.35 bits per heavy atom. The summed E-state index contributed by atoms with van der Waals surface area (Å²) in [6, 6.07) is -0.207. The van der Waals surface area contributed by atoms with Crippen molar-refractivity contribution in [3.8, 4) is 0 Å². The first-order chi connectivity index (χ1) is 10.2. The number of allylic oxidation sites excluding steroid dienone is 1. The van der Waals surface area contributed by atoms with Crippen LogP contribution >= 0.6 is 0 Å². The van der Waals surface area contributed by atoms with Crippen molar-refractivity contribution in [2.24, 2.45) is 0 Å². The van der Waals surface area contributed by atoms with Crippen molar-refractivity contribution in [1.82, 2.24) is 4.90 Å². The number of carbonyl (C=O) groups excluding carboxylic acids is 1. The van der Waals surface area contributed by atoms with Gasteiger partial charge in [-0.1, -0.05) is 12.7 Å². The largest absolute Gasteiger partial charge is 0.545 e. The summed E-state index contributed by atoms with van der Waals surface area (Å²) in [4.78, 5) is 14.1. The fourth-order valence-corrected chi connectivity index (χ4v) is 3.14. The second kappa shape index (κ2) is 6.69. The van der Waals surface area contributed by atoms with Crippen LogP contribution < -0.4 is 0 Å². The van der Waals surface area contributed by atoms with E-state index in [1.807, 2.05) is 46.8 Å². The Labute approximate surface area is 141 Å². The van der Waals surface area contributed by atoms with Crippen LogP contribution in [0, 0.1) is 0 Å². The topological polar surface area (TPSA) is 48.0 Å². The lowest BCUT2D eigenvalue weighted by Gasteiger charge is -2.34. The molecule has 132 valence electrons. The molecule has 0 saturated carbocycles. The summed E-state index contributed by atoms with van der Waals surface area (Å²) in [6.45, 7) is 19.9. The highest BCUT2D eigenvalue weighted by Gasteiger charge is 2.44. The highest BCUT2D eigenvalue weighted by atomic mass is 28.4. The van der Waals surface area contributed by atoms with Crippen LogP contribution in [0.2, 0.25) is 19.6 Å². The van der Waals surface area contributed by atoms with Crippen molar-refractivity contribution in [3.05, 3.63) is 24.5 Å². The van der Waals surface area contributed by atoms with Crippen LogP contribution in [0.25, 0.3) is 0 Å². The van der Waals surface area contributed by atoms with Crippen LogP contribution in [0.1, 0.15) is 34.6 Å². The SMILES string of the molecule is C=C(/C=C/C1COC(C)(C)N1C(=O)OC(C)(C)C)O[Si](C)(C)C. The molecule has 23 heavy (non-hydrogen) atoms. The van der Waals surface area contributed by atoms with E-state index < -0.39 is 19.6 Å². The molecule has 1 unspecified atom stereocenters. The minimum atomic E-state index is -1.68. The average Bonchev–Trinajstić information content (AvgIpc) is 2.57. The van der Waals surface area contributed by atoms with Crippen LogP contribution in [0.4, 0.5) is 4.79 Å². The van der Waals surface area contributed by atoms with E-state index in [4.69, 9.17) is 13.9 Å². The highest BCUT2D eigenvalue weighted by molar-refractivity contribution is 6.70. The minimum absolute atomic E-state index is 0.207. The van der Waals surface area contributed by atoms with Gasteiger partial charge in [0.1, 0.15) is 11.3 Å². The summed E-state index contributed by atoms with van der Waals surface area (Å²) in [7, 11) is -1.68. The summed E-state index contributed by atoms with van der Waals surface area (Å²) in [5, 5.41) is 0. The molecule has 0 aromatic heterocycles. The first-order valence-corrected chi connectivity index (χ1v) is 11.3. The molecule has 0 radical (unpaired) electrons. The normalized spacial score (nSPS) is 21.6. The first-order valence-electron chi connectivity index (χ1n) is 7.94. The zero-order valence-corrected chi connectivity index (χ0v) is 16.7. The molecule has 0 N–H and O–H groups in total. The quantitative estimate of drug-likeness (QED) is 0.435. The minimum Gasteiger partial charge on any atom is -0.545 e. The maximum Gasteiger partial charge on any atom is 0.413 e. The second-order valence-corrected chi connectivity index (χ2v) is 12.6. The average molecular weight is 342 g/mol. The van der Waals surface area contributed by atoms with E-state index in [1.165, 1.54) is 0 Å². The van der Waals surface area contributed by atoms with Crippen LogP contribution in [0.5, 0.6) is 0 Å². The smallest absolute Gasteiger partial charge is 0.413 e. The third kappa shape index (κ3) is 6.39. The van der Waals surface area contributed by atoms with Crippen LogP contribution in [0.15, 0.2) is 24.5 Å². The number of hydrogen-bond donors (Lipinski definition) is 0. The molecule has 1 rings (SSSR count). The Hall–Kier alpha value is -1.27. The fourth-order valence-electron chi connectivity index (χ4n) is 2.29. The maximum absolute atomic E-state index is 12.5. The van der Waals surface area contributed by atoms with E-state index in [-0.39, 0.29) is 12.1 Å². The number of amides is 1. The van der Waals surface area contributed by atoms with Crippen molar-refractivity contribution < 1.29 is 18.7 Å². The van der Waals surface area contributed by atoms with Crippen molar-refractivity contribution >= 4 is 14.4 Å². The molecule has 1 atom stereocenters. The zero-order chi connectivity index (χ0) is 18.1. The second-order valence-electron chi connectivity index (χ2n) is 8.22. The number of carbonyl (C=O) groups is 1. The Kier molecular flexibility index (Phi) is 5.75. The Bertz CT molecular complexity index is 486. The molecule has 0 aromatic rings. The molecule has 1 heterocycles. The van der Waals surface area contributed by atoms with Crippen LogP contribution in [0.3, 0.4) is 0 Å². The van der Waals surface area contributed by atoms with Gasteiger partial charge in [-0.15, -0.1) is 0 Å². The molecule has 1 aliphatic rings. The molecule has 0 bridgehead atoms. The van der Waals surface area contributed by atoms with Crippen LogP contribution in [-0.2, 0) is 13.9 Å². The van der Waals surface area contributed by atoms with Crippen LogP contribution in [-0.4, -0.2) is 43.3 Å². The van der Waals surface area contributed by atoms with Gasteiger partial charge in [-0.25, -0.2) is 4.79 Å². The van der Waals surface area contributed by atoms with Gasteiger partial charge < -0.3 is 13.9 Å². The molecule has 1 saturated heterocycles. The van der Waals surface area contributed by atoms with Crippen molar-refractivity contribution in [1.29, 1.82) is 0 Å². The lowest BCUT2D eigenvalue weighted by Crippen LogP contribution is -2.49. The molecule has 0 spiro atoms. The van der Waals surface area contributed by atoms with E-state index >= 15 is 0 Å². The third-order valence-corrected chi connectivity index (χ3v) is 3.93. The van der Waals surface area contributed by atoms with E-state index in [0.717, 1.165) is 0 Å². The third-order valence-electron chi connectivity index (χ3n) is 3.05. The summed E-state index contributed by atoms with van der Waals surface area (Å²) in [5.41, 5.74) is -1.26. The standard InChI is InChI=1S/C17H31NO4Si/c1-13(22-23(7,8)9)10-11-14-12-20-17(5,6)18(14)15(19)21-16(2,3)4/h10-11,14H,1,12H2,2-9H3/b11-10+. The van der Waals surface area contributed by atoms with E-state index in [0.29, 0.717) is 12.4 Å². The lowest BCUT2D eigenvalue weighted by molar-refractivity contribution is -0.0610. The number of hydrogen-bond acceptors (Lipinski definition) is 4. The molecule has 1 aliphatic heterocycles. The monoisotopic (exact) mass is 341 g/mol. The molecule has 5 nitrogen and oxygen atoms in total. The van der Waals surface area contributed by atoms with E-state index in [1.54, 1.807) is 4.90 Å². The van der Waals surface area contributed by atoms with Gasteiger partial charge in [0, 0.05) is 0 Å². The zero-order valence-electron chi connectivity index (χ0n) is 15.7. The van der Waals surface area contributed by atoms with Crippen molar-refractivity contribution in [2.75, 3.05) is 6.61 Å². The predicted molar refractivity (Wildman–Crippen MR) is 94.6 cm³/mol. The van der Waals surface area contributed by atoms with Gasteiger partial charge in [0.2, 0.25) is 8.32 Å². The summed E-state index contributed by atoms with van der Waals surface area (Å²) < 4.78 is 17.1. The fraction of sp³-hybridized carbons (Fsp3) is 0.706. The van der Waals surface area contributed by atoms with Gasteiger partial charge in [0.15, 0.2) is 0 Å². The summed E-state index contributed by atoms with van der Waals surface area (Å²) >= 11 is 0. The molecule has 6 heteroatoms.